The van der Waals surface area contributed by atoms with E-state index in [4.69, 9.17) is 4.99 Å². The van der Waals surface area contributed by atoms with E-state index < -0.39 is 6.04 Å². The molecule has 2 aliphatic heterocycles. The molecule has 168 valence electrons. The van der Waals surface area contributed by atoms with Crippen LogP contribution in [0.1, 0.15) is 11.1 Å². The van der Waals surface area contributed by atoms with Crippen molar-refractivity contribution in [2.75, 3.05) is 36.0 Å². The van der Waals surface area contributed by atoms with Gasteiger partial charge in [0.15, 0.2) is 0 Å². The number of aryl methyl sites for hydroxylation is 1. The monoisotopic (exact) mass is 442 g/mol. The summed E-state index contributed by atoms with van der Waals surface area (Å²) in [5.74, 6) is 0.521. The van der Waals surface area contributed by atoms with Crippen LogP contribution in [0.2, 0.25) is 0 Å². The largest absolute Gasteiger partial charge is 0.368 e. The van der Waals surface area contributed by atoms with Gasteiger partial charge in [-0.05, 0) is 48.4 Å². The number of hydrogen-bond acceptors (Lipinski definition) is 4. The normalized spacial score (nSPS) is 18.6. The molecule has 0 radical (unpaired) electrons. The van der Waals surface area contributed by atoms with Gasteiger partial charge in [0.1, 0.15) is 11.9 Å². The second-order valence-electron chi connectivity index (χ2n) is 8.55. The molecule has 1 fully saturated rings. The molecule has 0 aromatic heterocycles. The summed E-state index contributed by atoms with van der Waals surface area (Å²) in [6.07, 6.45) is 0.584. The van der Waals surface area contributed by atoms with E-state index in [0.29, 0.717) is 6.42 Å². The van der Waals surface area contributed by atoms with E-state index in [2.05, 4.69) is 9.80 Å². The highest BCUT2D eigenvalue weighted by Gasteiger charge is 2.39. The summed E-state index contributed by atoms with van der Waals surface area (Å²) in [4.78, 5) is 24.8. The molecule has 6 heteroatoms. The maximum atomic E-state index is 13.6. The van der Waals surface area contributed by atoms with E-state index in [1.807, 2.05) is 73.7 Å². The molecular weight excluding hydrogens is 415 g/mol. The van der Waals surface area contributed by atoms with Crippen molar-refractivity contribution in [3.05, 3.63) is 95.8 Å². The Labute approximate surface area is 193 Å². The molecular formula is C27H27FN4O. The molecule has 0 spiro atoms. The molecule has 5 rings (SSSR count). The lowest BCUT2D eigenvalue weighted by Gasteiger charge is -2.39. The van der Waals surface area contributed by atoms with Gasteiger partial charge in [-0.1, -0.05) is 48.5 Å². The first-order chi connectivity index (χ1) is 16.1. The zero-order valence-electron chi connectivity index (χ0n) is 18.7. The van der Waals surface area contributed by atoms with Gasteiger partial charge in [-0.15, -0.1) is 0 Å². The van der Waals surface area contributed by atoms with Gasteiger partial charge in [0.2, 0.25) is 5.96 Å². The smallest absolute Gasteiger partial charge is 0.259 e. The van der Waals surface area contributed by atoms with E-state index in [1.54, 1.807) is 4.90 Å². The Morgan fingerprint density at radius 3 is 2.18 bits per heavy atom. The van der Waals surface area contributed by atoms with Crippen LogP contribution in [-0.2, 0) is 11.2 Å². The minimum absolute atomic E-state index is 0.0177. The standard InChI is InChI=1S/C27H27FN4O/c1-20-7-5-6-10-25(20)32-26(33)24(19-21-8-3-2-4-9-21)29-27(32)31-17-15-30(16-18-31)23-13-11-22(28)12-14-23/h2-14,24H,15-19H2,1H3. The number of halogens is 1. The van der Waals surface area contributed by atoms with Crippen LogP contribution in [0.4, 0.5) is 15.8 Å². The molecule has 2 heterocycles. The van der Waals surface area contributed by atoms with Gasteiger partial charge >= 0.3 is 0 Å². The predicted molar refractivity (Wildman–Crippen MR) is 130 cm³/mol. The fourth-order valence-corrected chi connectivity index (χ4v) is 4.55. The van der Waals surface area contributed by atoms with Gasteiger partial charge in [0.05, 0.1) is 5.69 Å². The summed E-state index contributed by atoms with van der Waals surface area (Å²) in [7, 11) is 0. The summed E-state index contributed by atoms with van der Waals surface area (Å²) < 4.78 is 13.3. The first kappa shape index (κ1) is 21.2. The second-order valence-corrected chi connectivity index (χ2v) is 8.55. The molecule has 3 aromatic rings. The quantitative estimate of drug-likeness (QED) is 0.606. The second kappa shape index (κ2) is 9.06. The molecule has 0 aliphatic carbocycles. The van der Waals surface area contributed by atoms with Crippen LogP contribution in [0, 0.1) is 12.7 Å². The zero-order valence-corrected chi connectivity index (χ0v) is 18.7. The molecule has 33 heavy (non-hydrogen) atoms. The fourth-order valence-electron chi connectivity index (χ4n) is 4.55. The van der Waals surface area contributed by atoms with E-state index in [0.717, 1.165) is 54.6 Å². The van der Waals surface area contributed by atoms with Crippen molar-refractivity contribution >= 4 is 23.2 Å². The highest BCUT2D eigenvalue weighted by molar-refractivity contribution is 6.22. The first-order valence-electron chi connectivity index (χ1n) is 11.4. The van der Waals surface area contributed by atoms with Gasteiger partial charge in [-0.3, -0.25) is 4.79 Å². The third-order valence-corrected chi connectivity index (χ3v) is 6.36. The van der Waals surface area contributed by atoms with Crippen LogP contribution in [-0.4, -0.2) is 49.0 Å². The van der Waals surface area contributed by atoms with Gasteiger partial charge in [-0.2, -0.15) is 0 Å². The average molecular weight is 443 g/mol. The highest BCUT2D eigenvalue weighted by atomic mass is 19.1. The number of anilines is 2. The maximum Gasteiger partial charge on any atom is 0.259 e. The number of nitrogens with zero attached hydrogens (tertiary/aromatic N) is 4. The van der Waals surface area contributed by atoms with Crippen molar-refractivity contribution < 1.29 is 9.18 Å². The van der Waals surface area contributed by atoms with Gasteiger partial charge in [0, 0.05) is 38.3 Å². The topological polar surface area (TPSA) is 39.2 Å². The average Bonchev–Trinajstić information content (AvgIpc) is 3.16. The number of benzene rings is 3. The minimum Gasteiger partial charge on any atom is -0.368 e. The molecule has 1 amide bonds. The molecule has 0 bridgehead atoms. The Morgan fingerprint density at radius 2 is 1.48 bits per heavy atom. The Hall–Kier alpha value is -3.67. The summed E-state index contributed by atoms with van der Waals surface area (Å²) in [5.41, 5.74) is 4.05. The Morgan fingerprint density at radius 1 is 0.848 bits per heavy atom. The number of carbonyl (C=O) groups excluding carboxylic acids is 1. The Balaban J connectivity index is 1.40. The lowest BCUT2D eigenvalue weighted by molar-refractivity contribution is -0.118. The van der Waals surface area contributed by atoms with Crippen LogP contribution in [0.3, 0.4) is 0 Å². The summed E-state index contributed by atoms with van der Waals surface area (Å²) in [5, 5.41) is 0. The SMILES string of the molecule is Cc1ccccc1N1C(=O)C(Cc2ccccc2)N=C1N1CCN(c2ccc(F)cc2)CC1. The molecule has 0 N–H and O–H groups in total. The zero-order chi connectivity index (χ0) is 22.8. The van der Waals surface area contributed by atoms with Crippen molar-refractivity contribution in [3.63, 3.8) is 0 Å². The Bertz CT molecular complexity index is 1150. The van der Waals surface area contributed by atoms with Crippen molar-refractivity contribution in [3.8, 4) is 0 Å². The number of piperazine rings is 1. The van der Waals surface area contributed by atoms with Crippen molar-refractivity contribution in [1.29, 1.82) is 0 Å². The summed E-state index contributed by atoms with van der Waals surface area (Å²) >= 11 is 0. The lowest BCUT2D eigenvalue weighted by Crippen LogP contribution is -2.53. The van der Waals surface area contributed by atoms with Crippen LogP contribution in [0.25, 0.3) is 0 Å². The number of rotatable bonds is 4. The lowest BCUT2D eigenvalue weighted by atomic mass is 10.1. The molecule has 5 nitrogen and oxygen atoms in total. The van der Waals surface area contributed by atoms with Gasteiger partial charge in [-0.25, -0.2) is 14.3 Å². The maximum absolute atomic E-state index is 13.6. The highest BCUT2D eigenvalue weighted by Crippen LogP contribution is 2.28. The van der Waals surface area contributed by atoms with Crippen LogP contribution in [0.15, 0.2) is 83.9 Å². The van der Waals surface area contributed by atoms with Crippen LogP contribution in [0.5, 0.6) is 0 Å². The summed E-state index contributed by atoms with van der Waals surface area (Å²) in [6, 6.07) is 24.2. The fraction of sp³-hybridized carbons (Fsp3) is 0.259. The van der Waals surface area contributed by atoms with Crippen molar-refractivity contribution in [2.45, 2.75) is 19.4 Å². The number of carbonyl (C=O) groups is 1. The van der Waals surface area contributed by atoms with Gasteiger partial charge < -0.3 is 9.80 Å². The van der Waals surface area contributed by atoms with E-state index in [1.165, 1.54) is 12.1 Å². The predicted octanol–water partition coefficient (Wildman–Crippen LogP) is 4.27. The number of hydrogen-bond donors (Lipinski definition) is 0. The molecule has 2 aliphatic rings. The van der Waals surface area contributed by atoms with E-state index in [-0.39, 0.29) is 11.7 Å². The van der Waals surface area contributed by atoms with E-state index >= 15 is 0 Å². The molecule has 3 aromatic carbocycles. The Kier molecular flexibility index (Phi) is 5.82. The summed E-state index contributed by atoms with van der Waals surface area (Å²) in [6.45, 7) is 5.07. The number of amides is 1. The van der Waals surface area contributed by atoms with Gasteiger partial charge in [0.25, 0.3) is 5.91 Å². The third kappa shape index (κ3) is 4.33. The number of guanidine groups is 1. The molecule has 1 unspecified atom stereocenters. The molecule has 0 saturated carbocycles. The molecule has 1 atom stereocenters. The minimum atomic E-state index is -0.433. The van der Waals surface area contributed by atoms with E-state index in [9.17, 15) is 9.18 Å². The number of aliphatic imine (C=N–C) groups is 1. The molecule has 1 saturated heterocycles. The number of para-hydroxylation sites is 1. The van der Waals surface area contributed by atoms with Crippen molar-refractivity contribution in [2.24, 2.45) is 4.99 Å². The third-order valence-electron chi connectivity index (χ3n) is 6.36. The first-order valence-corrected chi connectivity index (χ1v) is 11.4. The van der Waals surface area contributed by atoms with Crippen LogP contribution >= 0.6 is 0 Å². The van der Waals surface area contributed by atoms with Crippen molar-refractivity contribution in [1.82, 2.24) is 4.90 Å². The van der Waals surface area contributed by atoms with Crippen LogP contribution < -0.4 is 9.80 Å².